The second-order valence-corrected chi connectivity index (χ2v) is 7.62. The zero-order chi connectivity index (χ0) is 15.1. The minimum absolute atomic E-state index is 0.0180. The molecule has 2 N–H and O–H groups in total. The molecule has 0 bridgehead atoms. The van der Waals surface area contributed by atoms with Crippen LogP contribution in [0.4, 0.5) is 0 Å². The van der Waals surface area contributed by atoms with E-state index in [2.05, 4.69) is 0 Å². The molecule has 1 rings (SSSR count). The number of primary sulfonamides is 1. The normalized spacial score (nSPS) is 21.4. The molecule has 0 aromatic carbocycles. The topological polar surface area (TPSA) is 78.6 Å². The Bertz CT molecular complexity index is 361. The van der Waals surface area contributed by atoms with Gasteiger partial charge in [-0.05, 0) is 26.7 Å². The first kappa shape index (κ1) is 17.9. The van der Waals surface area contributed by atoms with Crippen molar-refractivity contribution in [2.24, 2.45) is 10.6 Å². The highest BCUT2D eigenvalue weighted by Gasteiger charge is 2.35. The van der Waals surface area contributed by atoms with Crippen molar-refractivity contribution in [1.82, 2.24) is 0 Å². The Morgan fingerprint density at radius 2 is 1.80 bits per heavy atom. The summed E-state index contributed by atoms with van der Waals surface area (Å²) in [7, 11) is -3.47. The first-order valence-corrected chi connectivity index (χ1v) is 9.28. The van der Waals surface area contributed by atoms with Crippen LogP contribution < -0.4 is 5.14 Å². The maximum absolute atomic E-state index is 11.5. The van der Waals surface area contributed by atoms with Crippen LogP contribution in [-0.4, -0.2) is 40.1 Å². The van der Waals surface area contributed by atoms with E-state index in [1.165, 1.54) is 12.8 Å². The Hall–Kier alpha value is -0.170. The van der Waals surface area contributed by atoms with E-state index in [0.29, 0.717) is 19.8 Å². The highest BCUT2D eigenvalue weighted by Crippen LogP contribution is 2.36. The average Bonchev–Trinajstić information content (AvgIpc) is 2.58. The third-order valence-corrected chi connectivity index (χ3v) is 4.92. The average molecular weight is 307 g/mol. The lowest BCUT2D eigenvalue weighted by molar-refractivity contribution is -0.0398. The molecule has 6 heteroatoms. The molecule has 0 aromatic heterocycles. The minimum Gasteiger partial charge on any atom is -0.379 e. The molecule has 0 amide bonds. The molecule has 1 atom stereocenters. The van der Waals surface area contributed by atoms with E-state index in [-0.39, 0.29) is 17.3 Å². The van der Waals surface area contributed by atoms with E-state index >= 15 is 0 Å². The van der Waals surface area contributed by atoms with Crippen LogP contribution in [0.1, 0.15) is 52.4 Å². The highest BCUT2D eigenvalue weighted by atomic mass is 32.2. The third-order valence-electron chi connectivity index (χ3n) is 3.90. The number of rotatable bonds is 8. The second kappa shape index (κ2) is 8.32. The second-order valence-electron chi connectivity index (χ2n) is 6.00. The molecule has 5 nitrogen and oxygen atoms in total. The molecule has 0 saturated heterocycles. The van der Waals surface area contributed by atoms with Gasteiger partial charge in [0.2, 0.25) is 10.0 Å². The lowest BCUT2D eigenvalue weighted by Crippen LogP contribution is -2.38. The van der Waals surface area contributed by atoms with Crippen LogP contribution >= 0.6 is 0 Å². The van der Waals surface area contributed by atoms with Gasteiger partial charge in [-0.25, -0.2) is 13.6 Å². The van der Waals surface area contributed by atoms with Gasteiger partial charge < -0.3 is 9.47 Å². The quantitative estimate of drug-likeness (QED) is 0.696. The predicted molar refractivity (Wildman–Crippen MR) is 80.0 cm³/mol. The first-order valence-electron chi connectivity index (χ1n) is 7.57. The summed E-state index contributed by atoms with van der Waals surface area (Å²) in [5, 5.41) is 5.28. The van der Waals surface area contributed by atoms with Crippen molar-refractivity contribution < 1.29 is 17.9 Å². The van der Waals surface area contributed by atoms with Gasteiger partial charge >= 0.3 is 0 Å². The van der Waals surface area contributed by atoms with Gasteiger partial charge in [-0.1, -0.05) is 25.7 Å². The Morgan fingerprint density at radius 3 is 2.30 bits per heavy atom. The van der Waals surface area contributed by atoms with Gasteiger partial charge in [0.1, 0.15) is 0 Å². The van der Waals surface area contributed by atoms with Crippen molar-refractivity contribution in [2.45, 2.75) is 58.5 Å². The Labute approximate surface area is 123 Å². The van der Waals surface area contributed by atoms with E-state index in [1.807, 2.05) is 13.8 Å². The van der Waals surface area contributed by atoms with Crippen molar-refractivity contribution in [3.05, 3.63) is 0 Å². The number of ether oxygens (including phenoxy) is 2. The van der Waals surface area contributed by atoms with Gasteiger partial charge in [0.05, 0.1) is 25.1 Å². The molecule has 0 aromatic rings. The third kappa shape index (κ3) is 7.02. The molecule has 20 heavy (non-hydrogen) atoms. The summed E-state index contributed by atoms with van der Waals surface area (Å²) < 4.78 is 34.2. The first-order chi connectivity index (χ1) is 9.37. The van der Waals surface area contributed by atoms with Gasteiger partial charge in [0.15, 0.2) is 0 Å². The molecule has 1 saturated carbocycles. The lowest BCUT2D eigenvalue weighted by atomic mass is 9.83. The van der Waals surface area contributed by atoms with Crippen LogP contribution in [-0.2, 0) is 19.5 Å². The molecule has 120 valence electrons. The van der Waals surface area contributed by atoms with Crippen molar-refractivity contribution >= 4 is 10.0 Å². The molecule has 0 aliphatic heterocycles. The van der Waals surface area contributed by atoms with E-state index in [9.17, 15) is 8.42 Å². The molecule has 1 unspecified atom stereocenters. The zero-order valence-corrected chi connectivity index (χ0v) is 13.6. The number of sulfonamides is 1. The fourth-order valence-corrected chi connectivity index (χ4v) is 4.11. The summed E-state index contributed by atoms with van der Waals surface area (Å²) in [5.74, 6) is 0.0291. The Morgan fingerprint density at radius 1 is 1.20 bits per heavy atom. The summed E-state index contributed by atoms with van der Waals surface area (Å²) in [6.07, 6.45) is 6.19. The summed E-state index contributed by atoms with van der Waals surface area (Å²) in [6.45, 7) is 5.56. The van der Waals surface area contributed by atoms with Crippen LogP contribution in [0.5, 0.6) is 0 Å². The summed E-state index contributed by atoms with van der Waals surface area (Å²) in [6, 6.07) is 0. The standard InChI is InChI=1S/C14H29NO4S/c1-3-18-10-13(2)19-11-14(12-20(15,16)17)8-6-4-5-7-9-14/h13H,3-12H2,1-2H3,(H2,15,16,17). The van der Waals surface area contributed by atoms with Crippen molar-refractivity contribution in [3.63, 3.8) is 0 Å². The maximum atomic E-state index is 11.5. The highest BCUT2D eigenvalue weighted by molar-refractivity contribution is 7.89. The molecule has 1 aliphatic rings. The van der Waals surface area contributed by atoms with E-state index < -0.39 is 10.0 Å². The zero-order valence-electron chi connectivity index (χ0n) is 12.8. The molecule has 0 spiro atoms. The Kier molecular flexibility index (Phi) is 7.43. The summed E-state index contributed by atoms with van der Waals surface area (Å²) in [5.41, 5.74) is -0.315. The minimum atomic E-state index is -3.47. The van der Waals surface area contributed by atoms with Crippen molar-refractivity contribution in [2.75, 3.05) is 25.6 Å². The predicted octanol–water partition coefficient (Wildman–Crippen LogP) is 2.06. The SMILES string of the molecule is CCOCC(C)OCC1(CS(N)(=O)=O)CCCCCC1. The van der Waals surface area contributed by atoms with E-state index in [1.54, 1.807) is 0 Å². The van der Waals surface area contributed by atoms with E-state index in [0.717, 1.165) is 25.7 Å². The maximum Gasteiger partial charge on any atom is 0.209 e. The number of nitrogens with two attached hydrogens (primary N) is 1. The summed E-state index contributed by atoms with van der Waals surface area (Å²) >= 11 is 0. The van der Waals surface area contributed by atoms with Gasteiger partial charge in [0, 0.05) is 12.0 Å². The van der Waals surface area contributed by atoms with Crippen LogP contribution in [0.3, 0.4) is 0 Å². The van der Waals surface area contributed by atoms with Crippen molar-refractivity contribution in [1.29, 1.82) is 0 Å². The van der Waals surface area contributed by atoms with Crippen LogP contribution in [0, 0.1) is 5.41 Å². The van der Waals surface area contributed by atoms with Crippen molar-refractivity contribution in [3.8, 4) is 0 Å². The molecular formula is C14H29NO4S. The smallest absolute Gasteiger partial charge is 0.209 e. The lowest BCUT2D eigenvalue weighted by Gasteiger charge is -2.32. The monoisotopic (exact) mass is 307 g/mol. The molecule has 1 fully saturated rings. The molecule has 0 heterocycles. The summed E-state index contributed by atoms with van der Waals surface area (Å²) in [4.78, 5) is 0. The molecule has 0 radical (unpaired) electrons. The fourth-order valence-electron chi connectivity index (χ4n) is 2.89. The van der Waals surface area contributed by atoms with Crippen LogP contribution in [0.25, 0.3) is 0 Å². The fraction of sp³-hybridized carbons (Fsp3) is 1.00. The van der Waals surface area contributed by atoms with Gasteiger partial charge in [0.25, 0.3) is 0 Å². The van der Waals surface area contributed by atoms with Gasteiger partial charge in [-0.2, -0.15) is 0 Å². The molecule has 1 aliphatic carbocycles. The largest absolute Gasteiger partial charge is 0.379 e. The molecular weight excluding hydrogens is 278 g/mol. The van der Waals surface area contributed by atoms with Crippen LogP contribution in [0.15, 0.2) is 0 Å². The number of hydrogen-bond donors (Lipinski definition) is 1. The van der Waals surface area contributed by atoms with E-state index in [4.69, 9.17) is 14.6 Å². The Balaban J connectivity index is 2.62. The number of hydrogen-bond acceptors (Lipinski definition) is 4. The van der Waals surface area contributed by atoms with Gasteiger partial charge in [-0.15, -0.1) is 0 Å². The van der Waals surface area contributed by atoms with Crippen LogP contribution in [0.2, 0.25) is 0 Å². The van der Waals surface area contributed by atoms with Gasteiger partial charge in [-0.3, -0.25) is 0 Å².